The third-order valence-electron chi connectivity index (χ3n) is 7.37. The van der Waals surface area contributed by atoms with Gasteiger partial charge in [-0.3, -0.25) is 9.53 Å². The van der Waals surface area contributed by atoms with Gasteiger partial charge in [0.2, 0.25) is 11.7 Å². The molecule has 4 heterocycles. The number of aryl methyl sites for hydroxylation is 4. The Kier molecular flexibility index (Phi) is 6.76. The fourth-order valence-corrected chi connectivity index (χ4v) is 5.27. The molecule has 216 valence electrons. The zero-order chi connectivity index (χ0) is 29.8. The van der Waals surface area contributed by atoms with E-state index in [2.05, 4.69) is 35.3 Å². The summed E-state index contributed by atoms with van der Waals surface area (Å²) in [6.07, 6.45) is -1.99. The fourth-order valence-electron chi connectivity index (χ4n) is 5.27. The van der Waals surface area contributed by atoms with Crippen molar-refractivity contribution in [1.82, 2.24) is 29.7 Å². The van der Waals surface area contributed by atoms with Gasteiger partial charge in [0.1, 0.15) is 5.82 Å². The van der Waals surface area contributed by atoms with E-state index >= 15 is 0 Å². The van der Waals surface area contributed by atoms with Crippen LogP contribution in [-0.4, -0.2) is 48.1 Å². The number of aromatic nitrogens is 6. The molecule has 0 spiro atoms. The minimum absolute atomic E-state index is 0.147. The zero-order valence-electron chi connectivity index (χ0n) is 23.2. The molecule has 1 saturated carbocycles. The molecule has 1 aromatic carbocycles. The summed E-state index contributed by atoms with van der Waals surface area (Å²) in [5.41, 5.74) is 6.41. The van der Waals surface area contributed by atoms with Crippen LogP contribution in [0.1, 0.15) is 57.8 Å². The van der Waals surface area contributed by atoms with Crippen molar-refractivity contribution in [2.45, 2.75) is 58.9 Å². The fraction of sp³-hybridized carbons (Fsp3) is 0.310. The Hall–Kier alpha value is -4.65. The van der Waals surface area contributed by atoms with E-state index in [9.17, 15) is 18.0 Å². The van der Waals surface area contributed by atoms with Gasteiger partial charge >= 0.3 is 6.36 Å². The molecule has 1 N–H and O–H groups in total. The van der Waals surface area contributed by atoms with Crippen LogP contribution in [0.25, 0.3) is 28.0 Å². The predicted molar refractivity (Wildman–Crippen MR) is 146 cm³/mol. The molecule has 42 heavy (non-hydrogen) atoms. The van der Waals surface area contributed by atoms with Crippen molar-refractivity contribution >= 4 is 17.1 Å². The topological polar surface area (TPSA) is 120 Å². The van der Waals surface area contributed by atoms with Crippen molar-refractivity contribution in [3.05, 3.63) is 77.0 Å². The number of halogens is 3. The van der Waals surface area contributed by atoms with Gasteiger partial charge in [-0.15, -0.1) is 13.2 Å². The van der Waals surface area contributed by atoms with Gasteiger partial charge in [-0.25, -0.2) is 14.5 Å². The Bertz CT molecular complexity index is 1800. The van der Waals surface area contributed by atoms with Crippen molar-refractivity contribution in [2.24, 2.45) is 0 Å². The SMILES string of the molecule is Cc1nc(C)c(-c2ccn3ncc(C(=O)Nc4cc(-c5noc(C6CC(OC(F)(F)F)C6)n5)ccc4C)c3c2)c(C)n1. The van der Waals surface area contributed by atoms with Crippen LogP contribution in [0.4, 0.5) is 18.9 Å². The molecule has 0 bridgehead atoms. The number of fused-ring (bicyclic) bond motifs is 1. The van der Waals surface area contributed by atoms with Crippen LogP contribution in [0.15, 0.2) is 47.2 Å². The number of carbonyl (C=O) groups is 1. The van der Waals surface area contributed by atoms with Crippen LogP contribution >= 0.6 is 0 Å². The minimum Gasteiger partial charge on any atom is -0.339 e. The van der Waals surface area contributed by atoms with E-state index in [4.69, 9.17) is 4.52 Å². The summed E-state index contributed by atoms with van der Waals surface area (Å²) in [6.45, 7) is 7.56. The lowest BCUT2D eigenvalue weighted by molar-refractivity contribution is -0.352. The van der Waals surface area contributed by atoms with Crippen molar-refractivity contribution in [3.8, 4) is 22.5 Å². The first-order chi connectivity index (χ1) is 19.9. The molecule has 5 aromatic rings. The number of rotatable bonds is 6. The molecule has 1 amide bonds. The van der Waals surface area contributed by atoms with Gasteiger partial charge in [-0.1, -0.05) is 17.3 Å². The molecule has 1 aliphatic carbocycles. The highest BCUT2D eigenvalue weighted by Crippen LogP contribution is 2.41. The molecule has 0 saturated heterocycles. The molecule has 0 atom stereocenters. The molecule has 0 aliphatic heterocycles. The first kappa shape index (κ1) is 27.5. The minimum atomic E-state index is -4.67. The number of nitrogens with zero attached hydrogens (tertiary/aromatic N) is 6. The number of amides is 1. The maximum Gasteiger partial charge on any atom is 0.522 e. The van der Waals surface area contributed by atoms with Crippen LogP contribution in [0.3, 0.4) is 0 Å². The highest BCUT2D eigenvalue weighted by Gasteiger charge is 2.42. The number of nitrogens with one attached hydrogen (secondary N) is 1. The molecule has 6 rings (SSSR count). The van der Waals surface area contributed by atoms with Crippen LogP contribution in [0.2, 0.25) is 0 Å². The van der Waals surface area contributed by atoms with Crippen molar-refractivity contribution < 1.29 is 27.2 Å². The molecule has 1 fully saturated rings. The van der Waals surface area contributed by atoms with Crippen LogP contribution in [-0.2, 0) is 4.74 Å². The van der Waals surface area contributed by atoms with E-state index in [1.54, 1.807) is 22.8 Å². The second kappa shape index (κ2) is 10.3. The highest BCUT2D eigenvalue weighted by atomic mass is 19.4. The largest absolute Gasteiger partial charge is 0.522 e. The van der Waals surface area contributed by atoms with Crippen LogP contribution in [0.5, 0.6) is 0 Å². The molecule has 0 unspecified atom stereocenters. The van der Waals surface area contributed by atoms with E-state index in [1.807, 2.05) is 45.9 Å². The van der Waals surface area contributed by atoms with Gasteiger partial charge in [0.25, 0.3) is 5.91 Å². The van der Waals surface area contributed by atoms with E-state index in [1.165, 1.54) is 6.20 Å². The lowest BCUT2D eigenvalue weighted by atomic mass is 9.82. The average molecular weight is 578 g/mol. The molecule has 0 radical (unpaired) electrons. The van der Waals surface area contributed by atoms with Gasteiger partial charge in [-0.2, -0.15) is 10.1 Å². The Morgan fingerprint density at radius 3 is 2.48 bits per heavy atom. The van der Waals surface area contributed by atoms with Gasteiger partial charge in [0, 0.05) is 40.3 Å². The van der Waals surface area contributed by atoms with Crippen molar-refractivity contribution in [1.29, 1.82) is 0 Å². The second-order valence-corrected chi connectivity index (χ2v) is 10.4. The highest BCUT2D eigenvalue weighted by molar-refractivity contribution is 6.09. The van der Waals surface area contributed by atoms with Crippen LogP contribution < -0.4 is 5.32 Å². The maximum absolute atomic E-state index is 13.5. The quantitative estimate of drug-likeness (QED) is 0.257. The van der Waals surface area contributed by atoms with Gasteiger partial charge in [0.15, 0.2) is 0 Å². The Morgan fingerprint density at radius 1 is 1.02 bits per heavy atom. The van der Waals surface area contributed by atoms with Crippen molar-refractivity contribution in [3.63, 3.8) is 0 Å². The molecule has 4 aromatic heterocycles. The average Bonchev–Trinajstić information content (AvgIpc) is 3.53. The van der Waals surface area contributed by atoms with Gasteiger partial charge in [0.05, 0.1) is 23.4 Å². The third-order valence-corrected chi connectivity index (χ3v) is 7.37. The maximum atomic E-state index is 13.5. The Balaban J connectivity index is 1.22. The number of ether oxygens (including phenoxy) is 1. The molecule has 1 aliphatic rings. The lowest BCUT2D eigenvalue weighted by Crippen LogP contribution is -2.34. The van der Waals surface area contributed by atoms with E-state index < -0.39 is 12.5 Å². The normalized spacial score (nSPS) is 16.9. The summed E-state index contributed by atoms with van der Waals surface area (Å²) >= 11 is 0. The summed E-state index contributed by atoms with van der Waals surface area (Å²) in [4.78, 5) is 26.8. The standard InChI is InChI=1S/C29H26F3N7O3/c1-14-5-6-19(26-37-28(42-38-26)20-9-21(10-20)41-29(30,31)32)11-23(14)36-27(40)22-13-33-39-8-7-18(12-24(22)39)25-15(2)34-17(4)35-16(25)3/h5-8,11-13,20-21H,9-10H2,1-4H3,(H,36,40). The summed E-state index contributed by atoms with van der Waals surface area (Å²) < 4.78 is 48.3. The molecule has 10 nitrogen and oxygen atoms in total. The molecular formula is C29H26F3N7O3. The Labute approximate surface area is 237 Å². The number of alkyl halides is 3. The van der Waals surface area contributed by atoms with Gasteiger partial charge < -0.3 is 9.84 Å². The lowest BCUT2D eigenvalue weighted by Gasteiger charge is -2.32. The number of pyridine rings is 1. The second-order valence-electron chi connectivity index (χ2n) is 10.4. The summed E-state index contributed by atoms with van der Waals surface area (Å²) in [6, 6.07) is 9.13. The summed E-state index contributed by atoms with van der Waals surface area (Å²) in [5, 5.41) is 11.3. The van der Waals surface area contributed by atoms with E-state index in [-0.39, 0.29) is 36.4 Å². The zero-order valence-corrected chi connectivity index (χ0v) is 23.2. The van der Waals surface area contributed by atoms with Gasteiger partial charge in [-0.05, 0) is 69.9 Å². The van der Waals surface area contributed by atoms with Crippen LogP contribution in [0, 0.1) is 27.7 Å². The van der Waals surface area contributed by atoms with E-state index in [0.29, 0.717) is 28.2 Å². The molecule has 13 heteroatoms. The number of carbonyl (C=O) groups excluding carboxylic acids is 1. The summed E-state index contributed by atoms with van der Waals surface area (Å²) in [5.74, 6) is 0.566. The smallest absolute Gasteiger partial charge is 0.339 e. The first-order valence-electron chi connectivity index (χ1n) is 13.3. The molecular weight excluding hydrogens is 551 g/mol. The third kappa shape index (κ3) is 5.34. The summed E-state index contributed by atoms with van der Waals surface area (Å²) in [7, 11) is 0. The van der Waals surface area contributed by atoms with E-state index in [0.717, 1.165) is 28.1 Å². The number of hydrogen-bond donors (Lipinski definition) is 1. The van der Waals surface area contributed by atoms with Crippen molar-refractivity contribution in [2.75, 3.05) is 5.32 Å². The Morgan fingerprint density at radius 2 is 1.76 bits per heavy atom. The number of anilines is 1. The monoisotopic (exact) mass is 577 g/mol. The predicted octanol–water partition coefficient (Wildman–Crippen LogP) is 6.11. The first-order valence-corrected chi connectivity index (χ1v) is 13.3. The number of hydrogen-bond acceptors (Lipinski definition) is 8. The number of benzene rings is 1.